The molecule has 0 spiro atoms. The average Bonchev–Trinajstić information content (AvgIpc) is 3.08. The zero-order valence-corrected chi connectivity index (χ0v) is 15.4. The van der Waals surface area contributed by atoms with Crippen LogP contribution in [0, 0.1) is 6.92 Å². The van der Waals surface area contributed by atoms with Crippen molar-refractivity contribution in [2.45, 2.75) is 26.2 Å². The van der Waals surface area contributed by atoms with Crippen LogP contribution in [0.2, 0.25) is 0 Å². The van der Waals surface area contributed by atoms with Crippen LogP contribution >= 0.6 is 11.3 Å². The van der Waals surface area contributed by atoms with Gasteiger partial charge in [-0.2, -0.15) is 0 Å². The third kappa shape index (κ3) is 3.60. The lowest BCUT2D eigenvalue weighted by atomic mass is 9.99. The summed E-state index contributed by atoms with van der Waals surface area (Å²) in [6.45, 7) is 2.87. The van der Waals surface area contributed by atoms with Gasteiger partial charge in [0, 0.05) is 23.8 Å². The van der Waals surface area contributed by atoms with E-state index in [-0.39, 0.29) is 5.91 Å². The first-order chi connectivity index (χ1) is 12.7. The van der Waals surface area contributed by atoms with Crippen molar-refractivity contribution in [1.29, 1.82) is 0 Å². The topological polar surface area (TPSA) is 58.1 Å². The largest absolute Gasteiger partial charge is 0.316 e. The van der Waals surface area contributed by atoms with Gasteiger partial charge in [-0.1, -0.05) is 23.8 Å². The molecule has 132 valence electrons. The number of benzene rings is 1. The van der Waals surface area contributed by atoms with E-state index in [1.54, 1.807) is 6.20 Å². The molecule has 2 aromatic heterocycles. The highest BCUT2D eigenvalue weighted by Gasteiger charge is 2.23. The highest BCUT2D eigenvalue weighted by Crippen LogP contribution is 2.29. The summed E-state index contributed by atoms with van der Waals surface area (Å²) >= 11 is 1.49. The number of rotatable bonds is 4. The first-order valence-corrected chi connectivity index (χ1v) is 9.59. The third-order valence-electron chi connectivity index (χ3n) is 4.44. The summed E-state index contributed by atoms with van der Waals surface area (Å²) in [4.78, 5) is 23.5. The van der Waals surface area contributed by atoms with E-state index in [0.717, 1.165) is 41.7 Å². The van der Waals surface area contributed by atoms with Gasteiger partial charge in [-0.3, -0.25) is 4.79 Å². The summed E-state index contributed by atoms with van der Waals surface area (Å²) in [6.07, 6.45) is 4.09. The van der Waals surface area contributed by atoms with Crippen LogP contribution in [0.4, 0.5) is 16.6 Å². The summed E-state index contributed by atoms with van der Waals surface area (Å²) in [5, 5.41) is 5.86. The number of nitrogens with zero attached hydrogens (tertiary/aromatic N) is 3. The Labute approximate surface area is 156 Å². The van der Waals surface area contributed by atoms with E-state index in [4.69, 9.17) is 0 Å². The number of aromatic nitrogens is 2. The Bertz CT molecular complexity index is 923. The zero-order valence-electron chi connectivity index (χ0n) is 14.6. The molecule has 0 saturated heterocycles. The van der Waals surface area contributed by atoms with Gasteiger partial charge in [-0.15, -0.1) is 11.3 Å². The maximum absolute atomic E-state index is 12.8. The van der Waals surface area contributed by atoms with Gasteiger partial charge in [-0.25, -0.2) is 9.97 Å². The van der Waals surface area contributed by atoms with Crippen molar-refractivity contribution in [2.75, 3.05) is 16.8 Å². The predicted octanol–water partition coefficient (Wildman–Crippen LogP) is 4.11. The van der Waals surface area contributed by atoms with E-state index >= 15 is 0 Å². The highest BCUT2D eigenvalue weighted by molar-refractivity contribution is 7.13. The number of nitrogens with one attached hydrogen (secondary N) is 1. The Balaban J connectivity index is 1.46. The first-order valence-electron chi connectivity index (χ1n) is 8.71. The molecular formula is C20H20N4OS. The van der Waals surface area contributed by atoms with E-state index in [2.05, 4.69) is 40.4 Å². The fraction of sp³-hybridized carbons (Fsp3) is 0.250. The standard InChI is InChI=1S/C20H20N4OS/c1-14-7-8-17-15(11-14)5-4-10-24(17)19(25)12-16-13-26-20(22-16)23-18-6-2-3-9-21-18/h2-3,6-9,11,13H,4-5,10,12H2,1H3,(H,21,22,23). The summed E-state index contributed by atoms with van der Waals surface area (Å²) in [5.74, 6) is 0.851. The maximum Gasteiger partial charge on any atom is 0.233 e. The molecule has 0 atom stereocenters. The summed E-state index contributed by atoms with van der Waals surface area (Å²) < 4.78 is 0. The number of aryl methyl sites for hydroxylation is 2. The predicted molar refractivity (Wildman–Crippen MR) is 105 cm³/mol. The average molecular weight is 364 g/mol. The first kappa shape index (κ1) is 16.7. The van der Waals surface area contributed by atoms with Crippen molar-refractivity contribution in [3.05, 3.63) is 64.8 Å². The van der Waals surface area contributed by atoms with Crippen LogP contribution in [-0.2, 0) is 17.6 Å². The quantitative estimate of drug-likeness (QED) is 0.757. The van der Waals surface area contributed by atoms with Gasteiger partial charge in [0.15, 0.2) is 5.13 Å². The molecule has 3 heterocycles. The molecule has 0 aliphatic carbocycles. The second kappa shape index (κ2) is 7.25. The molecule has 1 aliphatic heterocycles. The second-order valence-corrected chi connectivity index (χ2v) is 7.30. The molecule has 4 rings (SSSR count). The fourth-order valence-electron chi connectivity index (χ4n) is 3.23. The van der Waals surface area contributed by atoms with Gasteiger partial charge in [0.05, 0.1) is 12.1 Å². The monoisotopic (exact) mass is 364 g/mol. The molecule has 26 heavy (non-hydrogen) atoms. The summed E-state index contributed by atoms with van der Waals surface area (Å²) in [6, 6.07) is 12.0. The van der Waals surface area contributed by atoms with Crippen LogP contribution in [-0.4, -0.2) is 22.4 Å². The molecule has 1 N–H and O–H groups in total. The van der Waals surface area contributed by atoms with Gasteiger partial charge in [0.25, 0.3) is 0 Å². The van der Waals surface area contributed by atoms with Crippen molar-refractivity contribution >= 4 is 33.9 Å². The van der Waals surface area contributed by atoms with Crippen molar-refractivity contribution in [3.8, 4) is 0 Å². The van der Waals surface area contributed by atoms with E-state index in [1.807, 2.05) is 28.5 Å². The van der Waals surface area contributed by atoms with Crippen LogP contribution in [0.25, 0.3) is 0 Å². The number of carbonyl (C=O) groups excluding carboxylic acids is 1. The Morgan fingerprint density at radius 2 is 2.23 bits per heavy atom. The number of carbonyl (C=O) groups is 1. The molecule has 0 radical (unpaired) electrons. The molecular weight excluding hydrogens is 344 g/mol. The van der Waals surface area contributed by atoms with Gasteiger partial charge < -0.3 is 10.2 Å². The summed E-state index contributed by atoms with van der Waals surface area (Å²) in [5.41, 5.74) is 4.34. The van der Waals surface area contributed by atoms with Gasteiger partial charge >= 0.3 is 0 Å². The molecule has 0 saturated carbocycles. The van der Waals surface area contributed by atoms with Crippen LogP contribution in [0.5, 0.6) is 0 Å². The number of pyridine rings is 1. The van der Waals surface area contributed by atoms with E-state index in [0.29, 0.717) is 6.42 Å². The van der Waals surface area contributed by atoms with Crippen molar-refractivity contribution in [2.24, 2.45) is 0 Å². The molecule has 0 bridgehead atoms. The minimum Gasteiger partial charge on any atom is -0.316 e. The Hall–Kier alpha value is -2.73. The van der Waals surface area contributed by atoms with Crippen molar-refractivity contribution in [3.63, 3.8) is 0 Å². The second-order valence-electron chi connectivity index (χ2n) is 6.44. The van der Waals surface area contributed by atoms with E-state index in [1.165, 1.54) is 22.5 Å². The molecule has 1 aromatic carbocycles. The zero-order chi connectivity index (χ0) is 17.9. The number of anilines is 3. The maximum atomic E-state index is 12.8. The van der Waals surface area contributed by atoms with E-state index in [9.17, 15) is 4.79 Å². The molecule has 0 unspecified atom stereocenters. The van der Waals surface area contributed by atoms with Crippen LogP contribution in [0.1, 0.15) is 23.2 Å². The van der Waals surface area contributed by atoms with E-state index < -0.39 is 0 Å². The number of fused-ring (bicyclic) bond motifs is 1. The molecule has 1 aliphatic rings. The number of hydrogen-bond donors (Lipinski definition) is 1. The SMILES string of the molecule is Cc1ccc2c(c1)CCCN2C(=O)Cc1csc(Nc2ccccn2)n1. The van der Waals surface area contributed by atoms with Crippen LogP contribution < -0.4 is 10.2 Å². The lowest BCUT2D eigenvalue weighted by Crippen LogP contribution is -2.36. The smallest absolute Gasteiger partial charge is 0.233 e. The summed E-state index contributed by atoms with van der Waals surface area (Å²) in [7, 11) is 0. The Morgan fingerprint density at radius 1 is 1.31 bits per heavy atom. The third-order valence-corrected chi connectivity index (χ3v) is 5.25. The Kier molecular flexibility index (Phi) is 4.67. The fourth-order valence-corrected chi connectivity index (χ4v) is 3.94. The number of hydrogen-bond acceptors (Lipinski definition) is 5. The lowest BCUT2D eigenvalue weighted by Gasteiger charge is -2.29. The van der Waals surface area contributed by atoms with Gasteiger partial charge in [-0.05, 0) is 43.5 Å². The molecule has 0 fully saturated rings. The molecule has 1 amide bonds. The molecule has 6 heteroatoms. The Morgan fingerprint density at radius 3 is 3.08 bits per heavy atom. The highest BCUT2D eigenvalue weighted by atomic mass is 32.1. The molecule has 5 nitrogen and oxygen atoms in total. The number of thiazole rings is 1. The van der Waals surface area contributed by atoms with Crippen molar-refractivity contribution in [1.82, 2.24) is 9.97 Å². The van der Waals surface area contributed by atoms with Gasteiger partial charge in [0.1, 0.15) is 5.82 Å². The minimum atomic E-state index is 0.101. The van der Waals surface area contributed by atoms with Crippen LogP contribution in [0.3, 0.4) is 0 Å². The minimum absolute atomic E-state index is 0.101. The van der Waals surface area contributed by atoms with Gasteiger partial charge in [0.2, 0.25) is 5.91 Å². The molecule has 3 aromatic rings. The lowest BCUT2D eigenvalue weighted by molar-refractivity contribution is -0.118. The number of amides is 1. The van der Waals surface area contributed by atoms with Crippen LogP contribution in [0.15, 0.2) is 48.0 Å². The van der Waals surface area contributed by atoms with Crippen molar-refractivity contribution < 1.29 is 4.79 Å². The normalized spacial score (nSPS) is 13.3.